The fourth-order valence-electron chi connectivity index (χ4n) is 1.77. The van der Waals surface area contributed by atoms with Gasteiger partial charge in [-0.2, -0.15) is 4.98 Å². The Kier molecular flexibility index (Phi) is 5.62. The lowest BCUT2D eigenvalue weighted by Gasteiger charge is -2.24. The Labute approximate surface area is 114 Å². The first-order chi connectivity index (χ1) is 8.45. The van der Waals surface area contributed by atoms with Crippen molar-refractivity contribution in [2.24, 2.45) is 0 Å². The van der Waals surface area contributed by atoms with Crippen LogP contribution in [0.5, 0.6) is 0 Å². The number of nitrogen functional groups attached to an aromatic ring is 1. The number of hydrogen-bond donors (Lipinski definition) is 1. The van der Waals surface area contributed by atoms with Gasteiger partial charge in [-0.3, -0.25) is 0 Å². The third-order valence-corrected chi connectivity index (χ3v) is 2.97. The minimum absolute atomic E-state index is 0.253. The summed E-state index contributed by atoms with van der Waals surface area (Å²) in [5.74, 6) is 0.744. The van der Waals surface area contributed by atoms with Gasteiger partial charge in [0.25, 0.3) is 0 Å². The maximum atomic E-state index is 6.02. The van der Waals surface area contributed by atoms with Gasteiger partial charge >= 0.3 is 0 Å². The molecule has 2 N–H and O–H groups in total. The standard InChI is InChI=1S/C12H22ClN5/c1-5-18(8-6-7-17(3)4)11-10(14)9(2)15-12(13)16-11/h5-8,14H2,1-4H3. The third kappa shape index (κ3) is 3.99. The van der Waals surface area contributed by atoms with Gasteiger partial charge in [-0.05, 0) is 52.5 Å². The highest BCUT2D eigenvalue weighted by atomic mass is 35.5. The summed E-state index contributed by atoms with van der Waals surface area (Å²) >= 11 is 5.89. The molecule has 0 bridgehead atoms. The molecule has 0 saturated heterocycles. The smallest absolute Gasteiger partial charge is 0.224 e. The molecule has 1 rings (SSSR count). The summed E-state index contributed by atoms with van der Waals surface area (Å²) in [6, 6.07) is 0. The second kappa shape index (κ2) is 6.75. The predicted molar refractivity (Wildman–Crippen MR) is 77.2 cm³/mol. The molecular formula is C12H22ClN5. The van der Waals surface area contributed by atoms with Crippen molar-refractivity contribution in [2.45, 2.75) is 20.3 Å². The first-order valence-corrected chi connectivity index (χ1v) is 6.52. The number of halogens is 1. The van der Waals surface area contributed by atoms with Crippen LogP contribution in [0.15, 0.2) is 0 Å². The van der Waals surface area contributed by atoms with Gasteiger partial charge < -0.3 is 15.5 Å². The summed E-state index contributed by atoms with van der Waals surface area (Å²) in [5.41, 5.74) is 7.37. The first kappa shape index (κ1) is 15.0. The van der Waals surface area contributed by atoms with E-state index in [-0.39, 0.29) is 5.28 Å². The summed E-state index contributed by atoms with van der Waals surface area (Å²) in [7, 11) is 4.13. The molecule has 1 aromatic heterocycles. The van der Waals surface area contributed by atoms with Crippen LogP contribution >= 0.6 is 11.6 Å². The van der Waals surface area contributed by atoms with Crippen molar-refractivity contribution in [3.05, 3.63) is 11.0 Å². The zero-order valence-corrected chi connectivity index (χ0v) is 12.3. The van der Waals surface area contributed by atoms with Crippen molar-refractivity contribution in [3.8, 4) is 0 Å². The van der Waals surface area contributed by atoms with Crippen molar-refractivity contribution in [1.82, 2.24) is 14.9 Å². The number of anilines is 2. The Bertz CT molecular complexity index is 394. The number of nitrogens with zero attached hydrogens (tertiary/aromatic N) is 4. The summed E-state index contributed by atoms with van der Waals surface area (Å²) in [6.07, 6.45) is 1.06. The molecule has 0 aliphatic carbocycles. The first-order valence-electron chi connectivity index (χ1n) is 6.15. The zero-order chi connectivity index (χ0) is 13.7. The van der Waals surface area contributed by atoms with Gasteiger partial charge in [0.2, 0.25) is 5.28 Å². The Hall–Kier alpha value is -1.07. The molecule has 0 radical (unpaired) electrons. The zero-order valence-electron chi connectivity index (χ0n) is 11.6. The lowest BCUT2D eigenvalue weighted by molar-refractivity contribution is 0.400. The van der Waals surface area contributed by atoms with Gasteiger partial charge in [-0.1, -0.05) is 0 Å². The van der Waals surface area contributed by atoms with Crippen molar-refractivity contribution in [1.29, 1.82) is 0 Å². The molecule has 1 heterocycles. The van der Waals surface area contributed by atoms with E-state index in [0.29, 0.717) is 5.69 Å². The van der Waals surface area contributed by atoms with Gasteiger partial charge in [0, 0.05) is 13.1 Å². The fourth-order valence-corrected chi connectivity index (χ4v) is 1.97. The van der Waals surface area contributed by atoms with Crippen LogP contribution in [-0.4, -0.2) is 48.6 Å². The van der Waals surface area contributed by atoms with Gasteiger partial charge in [0.05, 0.1) is 11.4 Å². The summed E-state index contributed by atoms with van der Waals surface area (Å²) in [5, 5.41) is 0.253. The molecule has 0 aliphatic rings. The van der Waals surface area contributed by atoms with Crippen molar-refractivity contribution < 1.29 is 0 Å². The van der Waals surface area contributed by atoms with E-state index in [0.717, 1.165) is 37.6 Å². The van der Waals surface area contributed by atoms with Crippen LogP contribution in [0.3, 0.4) is 0 Å². The van der Waals surface area contributed by atoms with Crippen LogP contribution < -0.4 is 10.6 Å². The Balaban J connectivity index is 2.81. The van der Waals surface area contributed by atoms with Gasteiger partial charge in [0.15, 0.2) is 5.82 Å². The molecule has 0 atom stereocenters. The van der Waals surface area contributed by atoms with Crippen molar-refractivity contribution in [3.63, 3.8) is 0 Å². The van der Waals surface area contributed by atoms with E-state index in [1.165, 1.54) is 0 Å². The predicted octanol–water partition coefficient (Wildman–Crippen LogP) is 1.80. The minimum atomic E-state index is 0.253. The number of nitrogens with two attached hydrogens (primary N) is 1. The molecule has 0 aliphatic heterocycles. The summed E-state index contributed by atoms with van der Waals surface area (Å²) in [4.78, 5) is 12.6. The van der Waals surface area contributed by atoms with Gasteiger partial charge in [-0.25, -0.2) is 4.98 Å². The van der Waals surface area contributed by atoms with E-state index in [2.05, 4.69) is 40.8 Å². The average Bonchev–Trinajstić information content (AvgIpc) is 2.29. The summed E-state index contributed by atoms with van der Waals surface area (Å²) in [6.45, 7) is 6.73. The van der Waals surface area contributed by atoms with Gasteiger partial charge in [-0.15, -0.1) is 0 Å². The molecule has 1 aromatic rings. The van der Waals surface area contributed by atoms with Crippen LogP contribution in [-0.2, 0) is 0 Å². The molecule has 0 spiro atoms. The maximum Gasteiger partial charge on any atom is 0.224 e. The van der Waals surface area contributed by atoms with Crippen molar-refractivity contribution >= 4 is 23.1 Å². The SMILES string of the molecule is CCN(CCCN(C)C)c1nc(Cl)nc(C)c1N. The Morgan fingerprint density at radius 1 is 1.22 bits per heavy atom. The van der Waals surface area contributed by atoms with Gasteiger partial charge in [0.1, 0.15) is 0 Å². The van der Waals surface area contributed by atoms with Crippen LogP contribution in [0.1, 0.15) is 19.0 Å². The van der Waals surface area contributed by atoms with E-state index >= 15 is 0 Å². The third-order valence-electron chi connectivity index (χ3n) is 2.80. The normalized spacial score (nSPS) is 11.0. The van der Waals surface area contributed by atoms with E-state index < -0.39 is 0 Å². The monoisotopic (exact) mass is 271 g/mol. The number of rotatable bonds is 6. The van der Waals surface area contributed by atoms with Crippen LogP contribution in [0, 0.1) is 6.92 Å². The second-order valence-electron chi connectivity index (χ2n) is 4.55. The Morgan fingerprint density at radius 2 is 1.89 bits per heavy atom. The molecular weight excluding hydrogens is 250 g/mol. The highest BCUT2D eigenvalue weighted by Crippen LogP contribution is 2.24. The fraction of sp³-hybridized carbons (Fsp3) is 0.667. The van der Waals surface area contributed by atoms with E-state index in [9.17, 15) is 0 Å². The van der Waals surface area contributed by atoms with E-state index in [4.69, 9.17) is 17.3 Å². The molecule has 102 valence electrons. The van der Waals surface area contributed by atoms with Crippen molar-refractivity contribution in [2.75, 3.05) is 44.4 Å². The largest absolute Gasteiger partial charge is 0.394 e. The highest BCUT2D eigenvalue weighted by molar-refractivity contribution is 6.28. The molecule has 0 fully saturated rings. The number of aromatic nitrogens is 2. The molecule has 0 amide bonds. The molecule has 0 saturated carbocycles. The van der Waals surface area contributed by atoms with E-state index in [1.807, 2.05) is 6.92 Å². The average molecular weight is 272 g/mol. The lowest BCUT2D eigenvalue weighted by Crippen LogP contribution is -2.29. The molecule has 6 heteroatoms. The lowest BCUT2D eigenvalue weighted by atomic mass is 10.3. The quantitative estimate of drug-likeness (QED) is 0.800. The molecule has 5 nitrogen and oxygen atoms in total. The minimum Gasteiger partial charge on any atom is -0.394 e. The molecule has 18 heavy (non-hydrogen) atoms. The summed E-state index contributed by atoms with van der Waals surface area (Å²) < 4.78 is 0. The van der Waals surface area contributed by atoms with Crippen LogP contribution in [0.2, 0.25) is 5.28 Å². The second-order valence-corrected chi connectivity index (χ2v) is 4.89. The highest BCUT2D eigenvalue weighted by Gasteiger charge is 2.13. The van der Waals surface area contributed by atoms with Crippen LogP contribution in [0.4, 0.5) is 11.5 Å². The Morgan fingerprint density at radius 3 is 2.44 bits per heavy atom. The number of aryl methyl sites for hydroxylation is 1. The topological polar surface area (TPSA) is 58.3 Å². The van der Waals surface area contributed by atoms with Crippen LogP contribution in [0.25, 0.3) is 0 Å². The number of hydrogen-bond acceptors (Lipinski definition) is 5. The van der Waals surface area contributed by atoms with E-state index in [1.54, 1.807) is 0 Å². The maximum absolute atomic E-state index is 6.02. The molecule has 0 aromatic carbocycles. The molecule has 0 unspecified atom stereocenters.